The lowest BCUT2D eigenvalue weighted by atomic mass is 9.86. The van der Waals surface area contributed by atoms with Crippen LogP contribution in [0.4, 0.5) is 0 Å². The van der Waals surface area contributed by atoms with Crippen LogP contribution in [-0.4, -0.2) is 32.1 Å². The Morgan fingerprint density at radius 3 is 2.48 bits per heavy atom. The minimum absolute atomic E-state index is 0.189. The van der Waals surface area contributed by atoms with Gasteiger partial charge < -0.3 is 24.7 Å². The Hall–Kier alpha value is -2.24. The highest BCUT2D eigenvalue weighted by atomic mass is 16.5. The first-order chi connectivity index (χ1) is 9.74. The molecule has 1 aromatic rings. The first-order valence-electron chi connectivity index (χ1n) is 6.52. The van der Waals surface area contributed by atoms with E-state index in [1.165, 1.54) is 0 Å². The second-order valence-electron chi connectivity index (χ2n) is 5.55. The molecule has 0 aliphatic heterocycles. The second-order valence-corrected chi connectivity index (χ2v) is 5.55. The molecule has 6 nitrogen and oxygen atoms in total. The maximum absolute atomic E-state index is 11.5. The molecule has 0 saturated carbocycles. The molecule has 1 N–H and O–H groups in total. The van der Waals surface area contributed by atoms with Crippen LogP contribution in [0.5, 0.6) is 11.5 Å². The van der Waals surface area contributed by atoms with Crippen LogP contribution in [0.25, 0.3) is 0 Å². The summed E-state index contributed by atoms with van der Waals surface area (Å²) < 4.78 is 10.7. The zero-order valence-corrected chi connectivity index (χ0v) is 12.7. The molecule has 1 aromatic carbocycles. The van der Waals surface area contributed by atoms with E-state index in [0.717, 1.165) is 5.56 Å². The lowest BCUT2D eigenvalue weighted by Gasteiger charge is -2.23. The molecule has 116 valence electrons. The highest BCUT2D eigenvalue weighted by Crippen LogP contribution is 2.34. The first-order valence-corrected chi connectivity index (χ1v) is 6.52. The van der Waals surface area contributed by atoms with E-state index in [4.69, 9.17) is 9.47 Å². The number of carbonyl (C=O) groups is 2. The topological polar surface area (TPSA) is 87.7 Å². The van der Waals surface area contributed by atoms with Gasteiger partial charge in [-0.25, -0.2) is 0 Å². The van der Waals surface area contributed by atoms with E-state index in [-0.39, 0.29) is 12.0 Å². The fraction of sp³-hybridized carbons (Fsp3) is 0.467. The average Bonchev–Trinajstić information content (AvgIpc) is 2.41. The first kappa shape index (κ1) is 16.8. The molecule has 1 amide bonds. The van der Waals surface area contributed by atoms with E-state index >= 15 is 0 Å². The minimum Gasteiger partial charge on any atom is -0.548 e. The van der Waals surface area contributed by atoms with Crippen LogP contribution < -0.4 is 19.9 Å². The number of carboxylic acids is 1. The number of nitrogens with one attached hydrogen (secondary N) is 1. The Bertz CT molecular complexity index is 519. The molecule has 0 aliphatic rings. The van der Waals surface area contributed by atoms with E-state index in [1.54, 1.807) is 19.2 Å². The zero-order chi connectivity index (χ0) is 16.0. The molecule has 0 atom stereocenters. The van der Waals surface area contributed by atoms with E-state index in [1.807, 2.05) is 26.8 Å². The molecule has 0 aliphatic carbocycles. The number of amides is 1. The zero-order valence-electron chi connectivity index (χ0n) is 12.7. The van der Waals surface area contributed by atoms with Gasteiger partial charge in [0.2, 0.25) is 0 Å². The third-order valence-corrected chi connectivity index (χ3v) is 2.78. The summed E-state index contributed by atoms with van der Waals surface area (Å²) in [7, 11) is 1.58. The van der Waals surface area contributed by atoms with Crippen molar-refractivity contribution >= 4 is 11.9 Å². The number of aliphatic carboxylic acids is 1. The number of carbonyl (C=O) groups excluding carboxylic acids is 2. The predicted octanol–water partition coefficient (Wildman–Crippen LogP) is 0.238. The molecule has 0 saturated heterocycles. The van der Waals surface area contributed by atoms with E-state index in [0.29, 0.717) is 11.5 Å². The SMILES string of the molecule is COc1ccc(OCC(=O)NCC(=O)[O-])c(C(C)(C)C)c1. The summed E-state index contributed by atoms with van der Waals surface area (Å²) in [5, 5.41) is 12.4. The molecule has 0 bridgehead atoms. The van der Waals surface area contributed by atoms with Gasteiger partial charge in [-0.3, -0.25) is 4.79 Å². The fourth-order valence-electron chi connectivity index (χ4n) is 1.71. The van der Waals surface area contributed by atoms with Crippen molar-refractivity contribution in [1.82, 2.24) is 5.32 Å². The van der Waals surface area contributed by atoms with Crippen molar-refractivity contribution in [1.29, 1.82) is 0 Å². The van der Waals surface area contributed by atoms with Crippen molar-refractivity contribution in [2.45, 2.75) is 26.2 Å². The Kier molecular flexibility index (Phi) is 5.58. The van der Waals surface area contributed by atoms with Gasteiger partial charge in [-0.05, 0) is 23.6 Å². The smallest absolute Gasteiger partial charge is 0.258 e. The van der Waals surface area contributed by atoms with Gasteiger partial charge in [0.25, 0.3) is 5.91 Å². The standard InChI is InChI=1S/C15H21NO5/c1-15(2,3)11-7-10(20-4)5-6-12(11)21-9-13(17)16-8-14(18)19/h5-7H,8-9H2,1-4H3,(H,16,17)(H,18,19)/p-1. The third-order valence-electron chi connectivity index (χ3n) is 2.78. The van der Waals surface area contributed by atoms with Crippen LogP contribution in [0, 0.1) is 0 Å². The summed E-state index contributed by atoms with van der Waals surface area (Å²) in [4.78, 5) is 21.7. The maximum atomic E-state index is 11.5. The molecule has 0 spiro atoms. The summed E-state index contributed by atoms with van der Waals surface area (Å²) in [6, 6.07) is 5.32. The molecule has 6 heteroatoms. The number of methoxy groups -OCH3 is 1. The Morgan fingerprint density at radius 1 is 1.29 bits per heavy atom. The van der Waals surface area contributed by atoms with Gasteiger partial charge in [0.05, 0.1) is 19.6 Å². The largest absolute Gasteiger partial charge is 0.548 e. The second kappa shape index (κ2) is 6.97. The number of hydrogen-bond acceptors (Lipinski definition) is 5. The minimum atomic E-state index is -1.34. The van der Waals surface area contributed by atoms with Gasteiger partial charge >= 0.3 is 0 Å². The molecule has 0 aromatic heterocycles. The number of benzene rings is 1. The van der Waals surface area contributed by atoms with Crippen LogP contribution >= 0.6 is 0 Å². The molecule has 21 heavy (non-hydrogen) atoms. The summed E-state index contributed by atoms with van der Waals surface area (Å²) in [6.45, 7) is 5.26. The normalized spacial score (nSPS) is 10.9. The van der Waals surface area contributed by atoms with Crippen molar-refractivity contribution in [2.24, 2.45) is 0 Å². The highest BCUT2D eigenvalue weighted by Gasteiger charge is 2.20. The van der Waals surface area contributed by atoms with Crippen LogP contribution in [0.3, 0.4) is 0 Å². The molecule has 0 heterocycles. The van der Waals surface area contributed by atoms with Gasteiger partial charge in [-0.2, -0.15) is 0 Å². The summed E-state index contributed by atoms with van der Waals surface area (Å²) in [5.41, 5.74) is 0.709. The van der Waals surface area contributed by atoms with Crippen molar-refractivity contribution in [2.75, 3.05) is 20.3 Å². The van der Waals surface area contributed by atoms with Crippen LogP contribution in [0.2, 0.25) is 0 Å². The molecule has 0 unspecified atom stereocenters. The Morgan fingerprint density at radius 2 is 1.95 bits per heavy atom. The van der Waals surface area contributed by atoms with E-state index < -0.39 is 18.4 Å². The van der Waals surface area contributed by atoms with Crippen molar-refractivity contribution in [3.8, 4) is 11.5 Å². The number of ether oxygens (including phenoxy) is 2. The average molecular weight is 294 g/mol. The highest BCUT2D eigenvalue weighted by molar-refractivity contribution is 5.81. The van der Waals surface area contributed by atoms with E-state index in [2.05, 4.69) is 5.32 Å². The summed E-state index contributed by atoms with van der Waals surface area (Å²) in [6.07, 6.45) is 0. The van der Waals surface area contributed by atoms with E-state index in [9.17, 15) is 14.7 Å². The van der Waals surface area contributed by atoms with Crippen molar-refractivity contribution in [3.05, 3.63) is 23.8 Å². The Balaban J connectivity index is 2.79. The van der Waals surface area contributed by atoms with Gasteiger partial charge in [0.15, 0.2) is 6.61 Å². The van der Waals surface area contributed by atoms with Crippen LogP contribution in [-0.2, 0) is 15.0 Å². The predicted molar refractivity (Wildman–Crippen MR) is 75.2 cm³/mol. The van der Waals surface area contributed by atoms with Gasteiger partial charge in [-0.1, -0.05) is 20.8 Å². The van der Waals surface area contributed by atoms with Gasteiger partial charge in [0, 0.05) is 5.56 Å². The molecule has 1 rings (SSSR count). The third kappa shape index (κ3) is 5.33. The maximum Gasteiger partial charge on any atom is 0.258 e. The summed E-state index contributed by atoms with van der Waals surface area (Å²) in [5.74, 6) is -0.598. The number of carboxylic acid groups (broad SMARTS) is 1. The number of hydrogen-bond donors (Lipinski definition) is 1. The van der Waals surface area contributed by atoms with Crippen molar-refractivity contribution < 1.29 is 24.2 Å². The number of rotatable bonds is 6. The van der Waals surface area contributed by atoms with Gasteiger partial charge in [0.1, 0.15) is 11.5 Å². The monoisotopic (exact) mass is 294 g/mol. The lowest BCUT2D eigenvalue weighted by Crippen LogP contribution is -2.39. The fourth-order valence-corrected chi connectivity index (χ4v) is 1.71. The molecule has 0 radical (unpaired) electrons. The van der Waals surface area contributed by atoms with Crippen molar-refractivity contribution in [3.63, 3.8) is 0 Å². The van der Waals surface area contributed by atoms with Crippen LogP contribution in [0.1, 0.15) is 26.3 Å². The molecular formula is C15H20NO5-. The summed E-state index contributed by atoms with van der Waals surface area (Å²) >= 11 is 0. The Labute approximate surface area is 124 Å². The van der Waals surface area contributed by atoms with Crippen LogP contribution in [0.15, 0.2) is 18.2 Å². The molecule has 0 fully saturated rings. The quantitative estimate of drug-likeness (QED) is 0.812. The van der Waals surface area contributed by atoms with Gasteiger partial charge in [-0.15, -0.1) is 0 Å². The lowest BCUT2D eigenvalue weighted by molar-refractivity contribution is -0.304. The molecular weight excluding hydrogens is 274 g/mol.